The Labute approximate surface area is 135 Å². The number of carbonyl (C=O) groups is 1. The minimum Gasteiger partial charge on any atom is -0.497 e. The molecule has 1 heterocycles. The summed E-state index contributed by atoms with van der Waals surface area (Å²) >= 11 is 0. The van der Waals surface area contributed by atoms with Crippen LogP contribution in [0.1, 0.15) is 25.8 Å². The summed E-state index contributed by atoms with van der Waals surface area (Å²) in [7, 11) is 3.41. The Hall–Kier alpha value is -2.41. The van der Waals surface area contributed by atoms with Crippen LogP contribution in [0.3, 0.4) is 0 Å². The summed E-state index contributed by atoms with van der Waals surface area (Å²) in [6, 6.07) is 7.04. The maximum absolute atomic E-state index is 12.0. The van der Waals surface area contributed by atoms with Gasteiger partial charge < -0.3 is 19.9 Å². The van der Waals surface area contributed by atoms with Crippen molar-refractivity contribution in [3.63, 3.8) is 0 Å². The van der Waals surface area contributed by atoms with Crippen molar-refractivity contribution in [1.29, 1.82) is 0 Å². The average Bonchev–Trinajstić information content (AvgIpc) is 3.05. The quantitative estimate of drug-likeness (QED) is 0.809. The van der Waals surface area contributed by atoms with E-state index < -0.39 is 0 Å². The highest BCUT2D eigenvalue weighted by Crippen LogP contribution is 2.22. The third-order valence-corrected chi connectivity index (χ3v) is 3.46. The SMILES string of the molecule is CNCC(C)C(=O)NC(C)c1nc(-c2cccc(OC)c2)no1. The molecule has 1 aromatic carbocycles. The first-order chi connectivity index (χ1) is 11.0. The van der Waals surface area contributed by atoms with Crippen LogP contribution < -0.4 is 15.4 Å². The molecule has 0 spiro atoms. The lowest BCUT2D eigenvalue weighted by molar-refractivity contribution is -0.125. The largest absolute Gasteiger partial charge is 0.497 e. The second kappa shape index (κ2) is 7.73. The summed E-state index contributed by atoms with van der Waals surface area (Å²) in [5.41, 5.74) is 0.793. The third-order valence-electron chi connectivity index (χ3n) is 3.46. The van der Waals surface area contributed by atoms with E-state index in [1.54, 1.807) is 7.11 Å². The highest BCUT2D eigenvalue weighted by atomic mass is 16.5. The molecule has 7 heteroatoms. The van der Waals surface area contributed by atoms with Crippen molar-refractivity contribution in [2.24, 2.45) is 5.92 Å². The maximum atomic E-state index is 12.0. The van der Waals surface area contributed by atoms with Crippen LogP contribution in [0, 0.1) is 5.92 Å². The van der Waals surface area contributed by atoms with Crippen molar-refractivity contribution in [3.8, 4) is 17.1 Å². The topological polar surface area (TPSA) is 89.3 Å². The lowest BCUT2D eigenvalue weighted by Crippen LogP contribution is -2.35. The molecule has 124 valence electrons. The second-order valence-corrected chi connectivity index (χ2v) is 5.38. The van der Waals surface area contributed by atoms with Gasteiger partial charge in [0.1, 0.15) is 11.8 Å². The van der Waals surface area contributed by atoms with Gasteiger partial charge in [0.15, 0.2) is 0 Å². The van der Waals surface area contributed by atoms with Crippen molar-refractivity contribution >= 4 is 5.91 Å². The molecule has 2 atom stereocenters. The van der Waals surface area contributed by atoms with E-state index in [2.05, 4.69) is 20.8 Å². The number of hydrogen-bond donors (Lipinski definition) is 2. The van der Waals surface area contributed by atoms with Gasteiger partial charge in [-0.1, -0.05) is 24.2 Å². The van der Waals surface area contributed by atoms with Crippen LogP contribution in [0.15, 0.2) is 28.8 Å². The molecule has 23 heavy (non-hydrogen) atoms. The van der Waals surface area contributed by atoms with Gasteiger partial charge in [0.25, 0.3) is 0 Å². The molecule has 0 radical (unpaired) electrons. The lowest BCUT2D eigenvalue weighted by Gasteiger charge is -2.14. The zero-order valence-corrected chi connectivity index (χ0v) is 13.8. The summed E-state index contributed by atoms with van der Waals surface area (Å²) in [5, 5.41) is 9.81. The van der Waals surface area contributed by atoms with Crippen molar-refractivity contribution in [2.45, 2.75) is 19.9 Å². The number of benzene rings is 1. The number of carbonyl (C=O) groups excluding carboxylic acids is 1. The average molecular weight is 318 g/mol. The molecule has 2 rings (SSSR count). The van der Waals surface area contributed by atoms with Gasteiger partial charge in [-0.3, -0.25) is 4.79 Å². The van der Waals surface area contributed by atoms with E-state index in [0.717, 1.165) is 11.3 Å². The van der Waals surface area contributed by atoms with Gasteiger partial charge in [0, 0.05) is 18.0 Å². The van der Waals surface area contributed by atoms with Crippen LogP contribution in [0.5, 0.6) is 5.75 Å². The molecular formula is C16H22N4O3. The second-order valence-electron chi connectivity index (χ2n) is 5.38. The molecule has 2 aromatic rings. The number of nitrogens with zero attached hydrogens (tertiary/aromatic N) is 2. The fourth-order valence-corrected chi connectivity index (χ4v) is 2.11. The minimum atomic E-state index is -0.353. The van der Waals surface area contributed by atoms with E-state index in [4.69, 9.17) is 9.26 Å². The Kier molecular flexibility index (Phi) is 5.70. The van der Waals surface area contributed by atoms with Crippen LogP contribution in [0.4, 0.5) is 0 Å². The smallest absolute Gasteiger partial charge is 0.249 e. The number of rotatable bonds is 7. The normalized spacial score (nSPS) is 13.4. The van der Waals surface area contributed by atoms with Crippen molar-refractivity contribution in [2.75, 3.05) is 20.7 Å². The number of aromatic nitrogens is 2. The predicted octanol–water partition coefficient (Wildman–Crippen LogP) is 1.78. The zero-order chi connectivity index (χ0) is 16.8. The summed E-state index contributed by atoms with van der Waals surface area (Å²) in [4.78, 5) is 16.4. The van der Waals surface area contributed by atoms with E-state index in [9.17, 15) is 4.79 Å². The highest BCUT2D eigenvalue weighted by molar-refractivity contribution is 5.78. The van der Waals surface area contributed by atoms with Gasteiger partial charge in [0.05, 0.1) is 7.11 Å². The van der Waals surface area contributed by atoms with Gasteiger partial charge in [-0.25, -0.2) is 0 Å². The highest BCUT2D eigenvalue weighted by Gasteiger charge is 2.20. The number of amides is 1. The Balaban J connectivity index is 2.07. The molecule has 2 N–H and O–H groups in total. The van der Waals surface area contributed by atoms with Crippen LogP contribution in [-0.2, 0) is 4.79 Å². The standard InChI is InChI=1S/C16H22N4O3/c1-10(9-17-3)15(21)18-11(2)16-19-14(20-23-16)12-6-5-7-13(8-12)22-4/h5-8,10-11,17H,9H2,1-4H3,(H,18,21). The van der Waals surface area contributed by atoms with Gasteiger partial charge in [-0.15, -0.1) is 0 Å². The monoisotopic (exact) mass is 318 g/mol. The minimum absolute atomic E-state index is 0.0621. The van der Waals surface area contributed by atoms with E-state index in [-0.39, 0.29) is 17.9 Å². The number of hydrogen-bond acceptors (Lipinski definition) is 6. The maximum Gasteiger partial charge on any atom is 0.249 e. The van der Waals surface area contributed by atoms with Gasteiger partial charge in [-0.2, -0.15) is 4.98 Å². The van der Waals surface area contributed by atoms with Gasteiger partial charge in [-0.05, 0) is 26.1 Å². The van der Waals surface area contributed by atoms with Crippen LogP contribution >= 0.6 is 0 Å². The lowest BCUT2D eigenvalue weighted by atomic mass is 10.1. The molecule has 2 unspecified atom stereocenters. The zero-order valence-electron chi connectivity index (χ0n) is 13.8. The fourth-order valence-electron chi connectivity index (χ4n) is 2.11. The van der Waals surface area contributed by atoms with E-state index in [1.807, 2.05) is 45.2 Å². The molecular weight excluding hydrogens is 296 g/mol. The summed E-state index contributed by atoms with van der Waals surface area (Å²) in [5.74, 6) is 1.35. The van der Waals surface area contributed by atoms with Gasteiger partial charge >= 0.3 is 0 Å². The number of ether oxygens (including phenoxy) is 1. The summed E-state index contributed by atoms with van der Waals surface area (Å²) < 4.78 is 10.4. The predicted molar refractivity (Wildman–Crippen MR) is 85.9 cm³/mol. The molecule has 0 aliphatic heterocycles. The van der Waals surface area contributed by atoms with E-state index >= 15 is 0 Å². The van der Waals surface area contributed by atoms with Crippen molar-refractivity contribution in [3.05, 3.63) is 30.2 Å². The van der Waals surface area contributed by atoms with Crippen molar-refractivity contribution in [1.82, 2.24) is 20.8 Å². The molecule has 0 aliphatic rings. The molecule has 0 fully saturated rings. The fraction of sp³-hybridized carbons (Fsp3) is 0.438. The first kappa shape index (κ1) is 17.0. The molecule has 0 bridgehead atoms. The molecule has 0 saturated heterocycles. The van der Waals surface area contributed by atoms with Crippen LogP contribution in [-0.4, -0.2) is 36.8 Å². The Morgan fingerprint density at radius 2 is 2.17 bits per heavy atom. The summed E-state index contributed by atoms with van der Waals surface area (Å²) in [6.45, 7) is 4.28. The van der Waals surface area contributed by atoms with Crippen LogP contribution in [0.2, 0.25) is 0 Å². The first-order valence-electron chi connectivity index (χ1n) is 7.48. The first-order valence-corrected chi connectivity index (χ1v) is 7.48. The number of nitrogens with one attached hydrogen (secondary N) is 2. The van der Waals surface area contributed by atoms with E-state index in [0.29, 0.717) is 18.3 Å². The third kappa shape index (κ3) is 4.29. The van der Waals surface area contributed by atoms with Crippen molar-refractivity contribution < 1.29 is 14.1 Å². The summed E-state index contributed by atoms with van der Waals surface area (Å²) in [6.07, 6.45) is 0. The molecule has 0 aliphatic carbocycles. The molecule has 7 nitrogen and oxygen atoms in total. The van der Waals surface area contributed by atoms with Crippen LogP contribution in [0.25, 0.3) is 11.4 Å². The van der Waals surface area contributed by atoms with E-state index in [1.165, 1.54) is 0 Å². The molecule has 1 aromatic heterocycles. The number of methoxy groups -OCH3 is 1. The van der Waals surface area contributed by atoms with Gasteiger partial charge in [0.2, 0.25) is 17.6 Å². The Morgan fingerprint density at radius 1 is 1.39 bits per heavy atom. The molecule has 1 amide bonds. The molecule has 0 saturated carbocycles. The Bertz CT molecular complexity index is 656. The Morgan fingerprint density at radius 3 is 2.87 bits per heavy atom.